The zero-order valence-electron chi connectivity index (χ0n) is 28.3. The third kappa shape index (κ3) is 11.8. The van der Waals surface area contributed by atoms with Crippen LogP contribution in [-0.4, -0.2) is 43.7 Å². The van der Waals surface area contributed by atoms with Crippen molar-refractivity contribution in [3.05, 3.63) is 89.0 Å². The molecule has 0 aliphatic rings. The van der Waals surface area contributed by atoms with Gasteiger partial charge in [0.1, 0.15) is 11.5 Å². The van der Waals surface area contributed by atoms with Crippen molar-refractivity contribution >= 4 is 23.3 Å². The smallest absolute Gasteiger partial charge is 0.346 e. The van der Waals surface area contributed by atoms with Crippen LogP contribution in [0.5, 0.6) is 17.2 Å². The number of nitrogens with zero attached hydrogens (tertiary/aromatic N) is 2. The minimum absolute atomic E-state index is 0.0513. The molecule has 0 aromatic heterocycles. The summed E-state index contributed by atoms with van der Waals surface area (Å²) in [6.07, 6.45) is 10.7. The van der Waals surface area contributed by atoms with Gasteiger partial charge < -0.3 is 19.1 Å². The number of halogens is 1. The van der Waals surface area contributed by atoms with Crippen LogP contribution in [0.15, 0.2) is 73.3 Å². The van der Waals surface area contributed by atoms with Gasteiger partial charge in [0.05, 0.1) is 22.8 Å². The van der Waals surface area contributed by atoms with Gasteiger partial charge in [0.25, 0.3) is 0 Å². The van der Waals surface area contributed by atoms with Crippen molar-refractivity contribution in [1.82, 2.24) is 0 Å². The van der Waals surface area contributed by atoms with Crippen LogP contribution in [0.3, 0.4) is 0 Å². The second-order valence-corrected chi connectivity index (χ2v) is 11.9. The predicted molar refractivity (Wildman–Crippen MR) is 187 cm³/mol. The summed E-state index contributed by atoms with van der Waals surface area (Å²) in [5.41, 5.74) is 1.28. The molecule has 0 amide bonds. The van der Waals surface area contributed by atoms with E-state index in [1.54, 1.807) is 38.4 Å². The van der Waals surface area contributed by atoms with Crippen molar-refractivity contribution in [3.8, 4) is 28.4 Å². The van der Waals surface area contributed by atoms with Crippen LogP contribution in [0.4, 0.5) is 15.8 Å². The molecule has 0 N–H and O–H groups in total. The summed E-state index contributed by atoms with van der Waals surface area (Å²) in [6.45, 7) is 6.29. The molecule has 0 aliphatic heterocycles. The van der Waals surface area contributed by atoms with Crippen LogP contribution in [0.1, 0.15) is 87.9 Å². The van der Waals surface area contributed by atoms with E-state index >= 15 is 0 Å². The van der Waals surface area contributed by atoms with Crippen LogP contribution in [0.2, 0.25) is 0 Å². The lowest BCUT2D eigenvalue weighted by molar-refractivity contribution is -0.385. The minimum atomic E-state index is -1.92. The van der Waals surface area contributed by atoms with Gasteiger partial charge in [0, 0.05) is 26.2 Å². The average molecular weight is 663 g/mol. The molecule has 3 rings (SSSR count). The Morgan fingerprint density at radius 1 is 0.875 bits per heavy atom. The van der Waals surface area contributed by atoms with Gasteiger partial charge in [-0.2, -0.15) is 0 Å². The van der Waals surface area contributed by atoms with Gasteiger partial charge in [-0.05, 0) is 61.1 Å². The number of unbranched alkanes of at least 4 members (excludes halogenated alkanes) is 8. The number of carbonyl (C=O) groups is 2. The van der Waals surface area contributed by atoms with E-state index in [1.165, 1.54) is 43.1 Å². The van der Waals surface area contributed by atoms with Crippen molar-refractivity contribution in [2.75, 3.05) is 25.6 Å². The van der Waals surface area contributed by atoms with Gasteiger partial charge in [-0.25, -0.2) is 14.0 Å². The molecule has 258 valence electrons. The van der Waals surface area contributed by atoms with Crippen molar-refractivity contribution in [1.29, 1.82) is 0 Å². The molecule has 3 aromatic rings. The highest BCUT2D eigenvalue weighted by atomic mass is 19.1. The summed E-state index contributed by atoms with van der Waals surface area (Å²) in [5, 5.41) is 11.8. The Hall–Kier alpha value is -4.73. The van der Waals surface area contributed by atoms with E-state index in [2.05, 4.69) is 6.58 Å². The number of rotatable bonds is 21. The summed E-state index contributed by atoms with van der Waals surface area (Å²) in [4.78, 5) is 38.0. The van der Waals surface area contributed by atoms with E-state index in [4.69, 9.17) is 14.2 Å². The Bertz CT molecular complexity index is 1490. The number of benzene rings is 3. The van der Waals surface area contributed by atoms with Crippen LogP contribution < -0.4 is 19.1 Å². The number of carbonyl (C=O) groups excluding carboxylic acids is 2. The van der Waals surface area contributed by atoms with Crippen LogP contribution >= 0.6 is 0 Å². The quantitative estimate of drug-likeness (QED) is 0.0277. The highest BCUT2D eigenvalue weighted by molar-refractivity contribution is 5.99. The van der Waals surface area contributed by atoms with Gasteiger partial charge >= 0.3 is 17.6 Å². The number of esters is 2. The number of hydrogen-bond donors (Lipinski definition) is 0. The molecule has 0 spiro atoms. The summed E-state index contributed by atoms with van der Waals surface area (Å²) < 4.78 is 30.8. The molecular formula is C38H47FN2O7. The van der Waals surface area contributed by atoms with Crippen molar-refractivity contribution in [2.24, 2.45) is 0 Å². The zero-order valence-corrected chi connectivity index (χ0v) is 28.3. The SMILES string of the molecule is C=CCCCCCCCCCOc1ccc(-c2ccc(OC(=O)c3cc([N+](=O)[O-])c(OC(=O)C(F)CCCC)cc3N(C)C)cc2)cc1. The third-order valence-corrected chi connectivity index (χ3v) is 7.83. The highest BCUT2D eigenvalue weighted by Gasteiger charge is 2.29. The molecule has 0 saturated carbocycles. The molecule has 1 unspecified atom stereocenters. The molecule has 9 nitrogen and oxygen atoms in total. The normalized spacial score (nSPS) is 11.4. The van der Waals surface area contributed by atoms with Gasteiger partial charge in [-0.3, -0.25) is 10.1 Å². The van der Waals surface area contributed by atoms with Crippen molar-refractivity contribution in [2.45, 2.75) is 83.7 Å². The van der Waals surface area contributed by atoms with E-state index in [1.807, 2.05) is 37.3 Å². The number of nitro benzene ring substituents is 1. The number of anilines is 1. The number of hydrogen-bond acceptors (Lipinski definition) is 8. The van der Waals surface area contributed by atoms with Crippen molar-refractivity contribution in [3.63, 3.8) is 0 Å². The van der Waals surface area contributed by atoms with E-state index in [9.17, 15) is 24.1 Å². The fourth-order valence-electron chi connectivity index (χ4n) is 5.07. The summed E-state index contributed by atoms with van der Waals surface area (Å²) in [5.74, 6) is -1.48. The molecule has 0 fully saturated rings. The second kappa shape index (κ2) is 19.8. The number of nitro groups is 1. The first-order valence-electron chi connectivity index (χ1n) is 16.7. The first-order chi connectivity index (χ1) is 23.1. The van der Waals surface area contributed by atoms with Crippen LogP contribution in [0.25, 0.3) is 11.1 Å². The molecule has 0 aliphatic carbocycles. The lowest BCUT2D eigenvalue weighted by Crippen LogP contribution is -2.23. The standard InChI is InChI=1S/C38H47FN2O7/c1-5-7-9-10-11-12-13-14-15-25-46-30-21-17-28(18-22-30)29-19-23-31(24-20-29)47-37(42)32-26-35(41(44)45)36(27-34(32)40(3)4)48-38(43)33(39)16-8-6-2/h5,17-24,26-27,33H,1,6-16,25H2,2-4H3. The maximum atomic E-state index is 14.3. The fraction of sp³-hybridized carbons (Fsp3) is 0.421. The Labute approximate surface area is 282 Å². The Morgan fingerprint density at radius 3 is 2.02 bits per heavy atom. The Balaban J connectivity index is 1.59. The molecule has 1 atom stereocenters. The topological polar surface area (TPSA) is 108 Å². The van der Waals surface area contributed by atoms with Crippen LogP contribution in [0, 0.1) is 10.1 Å². The lowest BCUT2D eigenvalue weighted by Gasteiger charge is -2.18. The minimum Gasteiger partial charge on any atom is -0.494 e. The summed E-state index contributed by atoms with van der Waals surface area (Å²) in [7, 11) is 3.23. The molecule has 0 bridgehead atoms. The maximum absolute atomic E-state index is 14.3. The van der Waals surface area contributed by atoms with E-state index < -0.39 is 34.5 Å². The monoisotopic (exact) mass is 662 g/mol. The molecule has 0 radical (unpaired) electrons. The molecule has 0 heterocycles. The highest BCUT2D eigenvalue weighted by Crippen LogP contribution is 2.36. The lowest BCUT2D eigenvalue weighted by atomic mass is 10.1. The molecular weight excluding hydrogens is 615 g/mol. The molecule has 10 heteroatoms. The van der Waals surface area contributed by atoms with Gasteiger partial charge in [-0.15, -0.1) is 6.58 Å². The Morgan fingerprint density at radius 2 is 1.46 bits per heavy atom. The van der Waals surface area contributed by atoms with E-state index in [0.29, 0.717) is 19.4 Å². The predicted octanol–water partition coefficient (Wildman–Crippen LogP) is 9.67. The summed E-state index contributed by atoms with van der Waals surface area (Å²) in [6, 6.07) is 16.8. The van der Waals surface area contributed by atoms with Crippen LogP contribution in [-0.2, 0) is 4.79 Å². The fourth-order valence-corrected chi connectivity index (χ4v) is 5.07. The van der Waals surface area contributed by atoms with Crippen molar-refractivity contribution < 1.29 is 33.1 Å². The largest absolute Gasteiger partial charge is 0.494 e. The maximum Gasteiger partial charge on any atom is 0.346 e. The Kier molecular flexibility index (Phi) is 15.6. The first kappa shape index (κ1) is 37.7. The molecule has 48 heavy (non-hydrogen) atoms. The number of allylic oxidation sites excluding steroid dienone is 1. The number of alkyl halides is 1. The van der Waals surface area contributed by atoms with Gasteiger partial charge in [-0.1, -0.05) is 82.2 Å². The van der Waals surface area contributed by atoms with Gasteiger partial charge in [0.2, 0.25) is 5.75 Å². The zero-order chi connectivity index (χ0) is 34.9. The average Bonchev–Trinajstić information content (AvgIpc) is 3.08. The van der Waals surface area contributed by atoms with E-state index in [0.717, 1.165) is 42.2 Å². The number of ether oxygens (including phenoxy) is 3. The first-order valence-corrected chi connectivity index (χ1v) is 16.7. The molecule has 3 aromatic carbocycles. The summed E-state index contributed by atoms with van der Waals surface area (Å²) >= 11 is 0. The van der Waals surface area contributed by atoms with Gasteiger partial charge in [0.15, 0.2) is 6.17 Å². The molecule has 0 saturated heterocycles. The third-order valence-electron chi connectivity index (χ3n) is 7.83. The van der Waals surface area contributed by atoms with E-state index in [-0.39, 0.29) is 23.4 Å². The second-order valence-electron chi connectivity index (χ2n) is 11.9.